The fraction of sp³-hybridized carbons (Fsp3) is 0.455. The summed E-state index contributed by atoms with van der Waals surface area (Å²) in [6, 6.07) is 2.89. The van der Waals surface area contributed by atoms with Crippen LogP contribution in [0.5, 0.6) is 0 Å². The second kappa shape index (κ2) is 3.53. The zero-order valence-corrected chi connectivity index (χ0v) is 8.67. The fourth-order valence-electron chi connectivity index (χ4n) is 1.34. The third-order valence-electron chi connectivity index (χ3n) is 2.83. The Morgan fingerprint density at radius 1 is 1.53 bits per heavy atom. The fourth-order valence-corrected chi connectivity index (χ4v) is 1.34. The molecule has 0 unspecified atom stereocenters. The molecule has 0 radical (unpaired) electrons. The number of rotatable bonds is 3. The number of carbonyl (C=O) groups excluding carboxylic acids is 1. The lowest BCUT2D eigenvalue weighted by Crippen LogP contribution is -2.29. The second-order valence-corrected chi connectivity index (χ2v) is 4.43. The van der Waals surface area contributed by atoms with Crippen LogP contribution in [0, 0.1) is 5.41 Å². The highest BCUT2D eigenvalue weighted by atomic mass is 16.1. The Bertz CT molecular complexity index is 412. The van der Waals surface area contributed by atoms with Crippen LogP contribution in [0.2, 0.25) is 0 Å². The summed E-state index contributed by atoms with van der Waals surface area (Å²) in [4.78, 5) is 24.9. The van der Waals surface area contributed by atoms with Crippen molar-refractivity contribution in [2.75, 3.05) is 6.54 Å². The number of carbonyl (C=O) groups is 1. The Balaban J connectivity index is 1.95. The van der Waals surface area contributed by atoms with Gasteiger partial charge in [-0.1, -0.05) is 6.92 Å². The third-order valence-corrected chi connectivity index (χ3v) is 2.83. The first-order valence-electron chi connectivity index (χ1n) is 5.06. The molecule has 4 nitrogen and oxygen atoms in total. The molecule has 1 aromatic rings. The van der Waals surface area contributed by atoms with Crippen molar-refractivity contribution in [3.63, 3.8) is 0 Å². The van der Waals surface area contributed by atoms with Crippen molar-refractivity contribution in [2.45, 2.75) is 19.8 Å². The Morgan fingerprint density at radius 3 is 2.80 bits per heavy atom. The molecule has 15 heavy (non-hydrogen) atoms. The van der Waals surface area contributed by atoms with E-state index in [4.69, 9.17) is 0 Å². The normalized spacial score (nSPS) is 17.1. The molecule has 2 N–H and O–H groups in total. The van der Waals surface area contributed by atoms with E-state index in [9.17, 15) is 9.59 Å². The standard InChI is InChI=1S/C11H14N2O2/c1-11(4-5-11)7-13-10(15)8-2-3-9(14)12-6-8/h2-3,6H,4-5,7H2,1H3,(H,12,14)(H,13,15). The van der Waals surface area contributed by atoms with Gasteiger partial charge in [-0.15, -0.1) is 0 Å². The molecule has 0 aliphatic heterocycles. The van der Waals surface area contributed by atoms with E-state index in [1.165, 1.54) is 31.2 Å². The number of amides is 1. The molecule has 4 heteroatoms. The SMILES string of the molecule is CC1(CNC(=O)c2ccc(=O)[nH]c2)CC1. The highest BCUT2D eigenvalue weighted by Crippen LogP contribution is 2.44. The number of pyridine rings is 1. The minimum atomic E-state index is -0.194. The average Bonchev–Trinajstić information content (AvgIpc) is 2.95. The van der Waals surface area contributed by atoms with Crippen molar-refractivity contribution >= 4 is 5.91 Å². The van der Waals surface area contributed by atoms with Crippen molar-refractivity contribution < 1.29 is 4.79 Å². The van der Waals surface area contributed by atoms with E-state index in [1.54, 1.807) is 0 Å². The smallest absolute Gasteiger partial charge is 0.252 e. The van der Waals surface area contributed by atoms with Gasteiger partial charge >= 0.3 is 0 Å². The summed E-state index contributed by atoms with van der Waals surface area (Å²) in [5.41, 5.74) is 0.609. The van der Waals surface area contributed by atoms with Crippen LogP contribution in [0.1, 0.15) is 30.1 Å². The number of aromatic amines is 1. The zero-order chi connectivity index (χ0) is 10.9. The van der Waals surface area contributed by atoms with Crippen LogP contribution in [0.15, 0.2) is 23.1 Å². The van der Waals surface area contributed by atoms with Gasteiger partial charge in [0.15, 0.2) is 0 Å². The van der Waals surface area contributed by atoms with E-state index < -0.39 is 0 Å². The summed E-state index contributed by atoms with van der Waals surface area (Å²) in [7, 11) is 0. The molecule has 0 bridgehead atoms. The summed E-state index contributed by atoms with van der Waals surface area (Å²) in [6.45, 7) is 2.87. The van der Waals surface area contributed by atoms with Crippen LogP contribution in [-0.2, 0) is 0 Å². The summed E-state index contributed by atoms with van der Waals surface area (Å²) >= 11 is 0. The molecule has 0 spiro atoms. The van der Waals surface area contributed by atoms with Gasteiger partial charge < -0.3 is 10.3 Å². The van der Waals surface area contributed by atoms with Gasteiger partial charge in [0.25, 0.3) is 5.91 Å². The number of H-pyrrole nitrogens is 1. The van der Waals surface area contributed by atoms with Crippen molar-refractivity contribution in [1.82, 2.24) is 10.3 Å². The maximum Gasteiger partial charge on any atom is 0.252 e. The number of hydrogen-bond donors (Lipinski definition) is 2. The summed E-state index contributed by atoms with van der Waals surface area (Å²) < 4.78 is 0. The monoisotopic (exact) mass is 206 g/mol. The van der Waals surface area contributed by atoms with Gasteiger partial charge in [-0.25, -0.2) is 0 Å². The molecular weight excluding hydrogens is 192 g/mol. The highest BCUT2D eigenvalue weighted by Gasteiger charge is 2.37. The first kappa shape index (κ1) is 9.96. The lowest BCUT2D eigenvalue weighted by atomic mass is 10.1. The van der Waals surface area contributed by atoms with E-state index in [0.29, 0.717) is 17.5 Å². The van der Waals surface area contributed by atoms with E-state index in [2.05, 4.69) is 17.2 Å². The zero-order valence-electron chi connectivity index (χ0n) is 8.67. The molecule has 1 saturated carbocycles. The molecular formula is C11H14N2O2. The van der Waals surface area contributed by atoms with Gasteiger partial charge in [0, 0.05) is 18.8 Å². The van der Waals surface area contributed by atoms with Gasteiger partial charge in [0.05, 0.1) is 5.56 Å². The van der Waals surface area contributed by atoms with Crippen LogP contribution in [0.3, 0.4) is 0 Å². The third kappa shape index (κ3) is 2.46. The van der Waals surface area contributed by atoms with Gasteiger partial charge in [-0.3, -0.25) is 9.59 Å². The Kier molecular flexibility index (Phi) is 2.34. The van der Waals surface area contributed by atoms with Crippen molar-refractivity contribution in [3.8, 4) is 0 Å². The number of hydrogen-bond acceptors (Lipinski definition) is 2. The predicted octanol–water partition coefficient (Wildman–Crippen LogP) is 0.905. The van der Waals surface area contributed by atoms with Crippen LogP contribution in [0.4, 0.5) is 0 Å². The minimum absolute atomic E-state index is 0.126. The summed E-state index contributed by atoms with van der Waals surface area (Å²) in [6.07, 6.45) is 3.80. The summed E-state index contributed by atoms with van der Waals surface area (Å²) in [5, 5.41) is 2.86. The maximum absolute atomic E-state index is 11.6. The van der Waals surface area contributed by atoms with Crippen LogP contribution >= 0.6 is 0 Å². The molecule has 0 aromatic carbocycles. The Morgan fingerprint density at radius 2 is 2.27 bits per heavy atom. The molecule has 1 aliphatic rings. The molecule has 80 valence electrons. The molecule has 1 aromatic heterocycles. The molecule has 1 fully saturated rings. The van der Waals surface area contributed by atoms with Gasteiger partial charge in [0.2, 0.25) is 5.56 Å². The minimum Gasteiger partial charge on any atom is -0.351 e. The molecule has 0 saturated heterocycles. The molecule has 2 rings (SSSR count). The highest BCUT2D eigenvalue weighted by molar-refractivity contribution is 5.93. The topological polar surface area (TPSA) is 62.0 Å². The number of aromatic nitrogens is 1. The van der Waals surface area contributed by atoms with Gasteiger partial charge in [-0.05, 0) is 24.3 Å². The molecule has 1 amide bonds. The lowest BCUT2D eigenvalue weighted by molar-refractivity contribution is 0.0945. The van der Waals surface area contributed by atoms with Crippen molar-refractivity contribution in [3.05, 3.63) is 34.2 Å². The first-order valence-corrected chi connectivity index (χ1v) is 5.06. The molecule has 1 heterocycles. The van der Waals surface area contributed by atoms with Crippen molar-refractivity contribution in [2.24, 2.45) is 5.41 Å². The maximum atomic E-state index is 11.6. The Hall–Kier alpha value is -1.58. The predicted molar refractivity (Wildman–Crippen MR) is 56.7 cm³/mol. The van der Waals surface area contributed by atoms with Crippen molar-refractivity contribution in [1.29, 1.82) is 0 Å². The van der Waals surface area contributed by atoms with Gasteiger partial charge in [0.1, 0.15) is 0 Å². The molecule has 0 atom stereocenters. The van der Waals surface area contributed by atoms with Crippen LogP contribution < -0.4 is 10.9 Å². The van der Waals surface area contributed by atoms with E-state index in [0.717, 1.165) is 0 Å². The summed E-state index contributed by atoms with van der Waals surface area (Å²) in [5.74, 6) is -0.126. The van der Waals surface area contributed by atoms with E-state index in [1.807, 2.05) is 0 Å². The largest absolute Gasteiger partial charge is 0.351 e. The van der Waals surface area contributed by atoms with Gasteiger partial charge in [-0.2, -0.15) is 0 Å². The lowest BCUT2D eigenvalue weighted by Gasteiger charge is -2.09. The molecule has 1 aliphatic carbocycles. The Labute approximate surface area is 87.7 Å². The first-order chi connectivity index (χ1) is 7.09. The van der Waals surface area contributed by atoms with E-state index in [-0.39, 0.29) is 11.5 Å². The quantitative estimate of drug-likeness (QED) is 0.772. The van der Waals surface area contributed by atoms with Crippen LogP contribution in [0.25, 0.3) is 0 Å². The number of nitrogens with one attached hydrogen (secondary N) is 2. The second-order valence-electron chi connectivity index (χ2n) is 4.43. The average molecular weight is 206 g/mol. The van der Waals surface area contributed by atoms with E-state index >= 15 is 0 Å². The van der Waals surface area contributed by atoms with Crippen LogP contribution in [-0.4, -0.2) is 17.4 Å².